The molecule has 1 heterocycles. The van der Waals surface area contributed by atoms with E-state index in [1.165, 1.54) is 0 Å². The molecule has 0 spiro atoms. The number of aryl methyl sites for hydroxylation is 1. The summed E-state index contributed by atoms with van der Waals surface area (Å²) in [5.74, 6) is 5.57. The van der Waals surface area contributed by atoms with Gasteiger partial charge in [0.1, 0.15) is 11.8 Å². The standard InChI is InChI=1S/C10H9N3/c1-8-5-9(3-2-4-11)7-13-10(8)6-12/h5,7H,4,11H2,1H3. The van der Waals surface area contributed by atoms with E-state index in [0.717, 1.165) is 11.1 Å². The molecule has 3 heteroatoms. The fourth-order valence-electron chi connectivity index (χ4n) is 0.913. The topological polar surface area (TPSA) is 62.7 Å². The molecule has 1 aromatic heterocycles. The number of hydrogen-bond acceptors (Lipinski definition) is 3. The summed E-state index contributed by atoms with van der Waals surface area (Å²) in [6.07, 6.45) is 1.58. The summed E-state index contributed by atoms with van der Waals surface area (Å²) in [4.78, 5) is 3.95. The van der Waals surface area contributed by atoms with Crippen LogP contribution in [-0.2, 0) is 0 Å². The highest BCUT2D eigenvalue weighted by molar-refractivity contribution is 5.39. The van der Waals surface area contributed by atoms with Crippen molar-refractivity contribution in [3.8, 4) is 17.9 Å². The van der Waals surface area contributed by atoms with Gasteiger partial charge in [-0.3, -0.25) is 0 Å². The molecule has 0 saturated heterocycles. The average Bonchev–Trinajstić information content (AvgIpc) is 2.15. The van der Waals surface area contributed by atoms with E-state index in [4.69, 9.17) is 11.0 Å². The van der Waals surface area contributed by atoms with Crippen LogP contribution >= 0.6 is 0 Å². The van der Waals surface area contributed by atoms with Gasteiger partial charge in [0.25, 0.3) is 0 Å². The van der Waals surface area contributed by atoms with Gasteiger partial charge in [-0.05, 0) is 18.6 Å². The number of nitrogens with two attached hydrogens (primary N) is 1. The van der Waals surface area contributed by atoms with E-state index < -0.39 is 0 Å². The van der Waals surface area contributed by atoms with Crippen LogP contribution in [0.15, 0.2) is 12.3 Å². The summed E-state index contributed by atoms with van der Waals surface area (Å²) in [5.41, 5.74) is 7.30. The largest absolute Gasteiger partial charge is 0.320 e. The van der Waals surface area contributed by atoms with Crippen LogP contribution in [0.4, 0.5) is 0 Å². The number of rotatable bonds is 0. The van der Waals surface area contributed by atoms with E-state index in [1.54, 1.807) is 6.20 Å². The Morgan fingerprint density at radius 2 is 2.38 bits per heavy atom. The van der Waals surface area contributed by atoms with E-state index in [0.29, 0.717) is 12.2 Å². The second kappa shape index (κ2) is 4.25. The van der Waals surface area contributed by atoms with Gasteiger partial charge in [-0.25, -0.2) is 4.98 Å². The highest BCUT2D eigenvalue weighted by Gasteiger charge is 1.97. The zero-order chi connectivity index (χ0) is 9.68. The average molecular weight is 171 g/mol. The van der Waals surface area contributed by atoms with Gasteiger partial charge in [-0.1, -0.05) is 11.8 Å². The van der Waals surface area contributed by atoms with Crippen LogP contribution in [-0.4, -0.2) is 11.5 Å². The predicted octanol–water partition coefficient (Wildman–Crippen LogP) is 0.572. The highest BCUT2D eigenvalue weighted by Crippen LogP contribution is 2.04. The van der Waals surface area contributed by atoms with Crippen molar-refractivity contribution in [2.24, 2.45) is 5.73 Å². The van der Waals surface area contributed by atoms with E-state index in [2.05, 4.69) is 16.8 Å². The second-order valence-electron chi connectivity index (χ2n) is 2.51. The van der Waals surface area contributed by atoms with Crippen LogP contribution in [0.5, 0.6) is 0 Å². The van der Waals surface area contributed by atoms with Crippen molar-refractivity contribution in [2.45, 2.75) is 6.92 Å². The van der Waals surface area contributed by atoms with Crippen molar-refractivity contribution >= 4 is 0 Å². The van der Waals surface area contributed by atoms with Gasteiger partial charge in [-0.2, -0.15) is 5.26 Å². The molecule has 0 unspecified atom stereocenters. The third-order valence-corrected chi connectivity index (χ3v) is 1.52. The maximum atomic E-state index is 8.62. The van der Waals surface area contributed by atoms with Crippen LogP contribution in [0.1, 0.15) is 16.8 Å². The normalized spacial score (nSPS) is 8.38. The Morgan fingerprint density at radius 3 is 2.92 bits per heavy atom. The van der Waals surface area contributed by atoms with E-state index in [-0.39, 0.29) is 0 Å². The molecule has 13 heavy (non-hydrogen) atoms. The SMILES string of the molecule is Cc1cc(C#CCN)cnc1C#N. The first kappa shape index (κ1) is 9.25. The lowest BCUT2D eigenvalue weighted by Gasteiger charge is -1.95. The first-order chi connectivity index (χ1) is 6.27. The molecule has 0 aliphatic carbocycles. The molecule has 2 N–H and O–H groups in total. The van der Waals surface area contributed by atoms with Crippen LogP contribution in [0.25, 0.3) is 0 Å². The Bertz CT molecular complexity index is 404. The van der Waals surface area contributed by atoms with Crippen LogP contribution < -0.4 is 5.73 Å². The van der Waals surface area contributed by atoms with Crippen molar-refractivity contribution in [1.29, 1.82) is 5.26 Å². The van der Waals surface area contributed by atoms with Crippen molar-refractivity contribution in [3.05, 3.63) is 29.1 Å². The number of pyridine rings is 1. The van der Waals surface area contributed by atoms with Gasteiger partial charge >= 0.3 is 0 Å². The number of aromatic nitrogens is 1. The third kappa shape index (κ3) is 2.30. The van der Waals surface area contributed by atoms with Crippen LogP contribution in [0, 0.1) is 30.1 Å². The van der Waals surface area contributed by atoms with Crippen molar-refractivity contribution in [1.82, 2.24) is 4.98 Å². The Balaban J connectivity index is 3.04. The van der Waals surface area contributed by atoms with Crippen molar-refractivity contribution in [2.75, 3.05) is 6.54 Å². The maximum Gasteiger partial charge on any atom is 0.143 e. The van der Waals surface area contributed by atoms with Crippen LogP contribution in [0.2, 0.25) is 0 Å². The molecule has 0 aliphatic heterocycles. The molecule has 1 aromatic rings. The Kier molecular flexibility index (Phi) is 3.03. The third-order valence-electron chi connectivity index (χ3n) is 1.52. The summed E-state index contributed by atoms with van der Waals surface area (Å²) in [5, 5.41) is 8.62. The van der Waals surface area contributed by atoms with Gasteiger partial charge in [0.2, 0.25) is 0 Å². The molecule has 3 nitrogen and oxygen atoms in total. The van der Waals surface area contributed by atoms with Gasteiger partial charge < -0.3 is 5.73 Å². The molecule has 0 fully saturated rings. The van der Waals surface area contributed by atoms with Crippen molar-refractivity contribution < 1.29 is 0 Å². The minimum absolute atomic E-state index is 0.332. The zero-order valence-electron chi connectivity index (χ0n) is 7.33. The summed E-state index contributed by atoms with van der Waals surface area (Å²) < 4.78 is 0. The Hall–Kier alpha value is -1.84. The molecular weight excluding hydrogens is 162 g/mol. The van der Waals surface area contributed by atoms with Gasteiger partial charge in [0, 0.05) is 11.8 Å². The summed E-state index contributed by atoms with van der Waals surface area (Å²) in [6.45, 7) is 2.16. The zero-order valence-corrected chi connectivity index (χ0v) is 7.33. The lowest BCUT2D eigenvalue weighted by atomic mass is 10.1. The maximum absolute atomic E-state index is 8.62. The quantitative estimate of drug-likeness (QED) is 0.580. The monoisotopic (exact) mass is 171 g/mol. The number of nitriles is 1. The molecule has 0 bridgehead atoms. The van der Waals surface area contributed by atoms with Crippen LogP contribution in [0.3, 0.4) is 0 Å². The van der Waals surface area contributed by atoms with E-state index in [9.17, 15) is 0 Å². The summed E-state index contributed by atoms with van der Waals surface area (Å²) in [6, 6.07) is 3.82. The second-order valence-corrected chi connectivity index (χ2v) is 2.51. The first-order valence-electron chi connectivity index (χ1n) is 3.83. The molecule has 64 valence electrons. The predicted molar refractivity (Wildman–Crippen MR) is 49.6 cm³/mol. The molecular formula is C10H9N3. The fourth-order valence-corrected chi connectivity index (χ4v) is 0.913. The molecule has 0 saturated carbocycles. The lowest BCUT2D eigenvalue weighted by Crippen LogP contribution is -1.94. The molecule has 0 atom stereocenters. The first-order valence-corrected chi connectivity index (χ1v) is 3.83. The molecule has 0 aliphatic rings. The van der Waals surface area contributed by atoms with Gasteiger partial charge in [0.05, 0.1) is 6.54 Å². The van der Waals surface area contributed by atoms with Gasteiger partial charge in [-0.15, -0.1) is 0 Å². The smallest absolute Gasteiger partial charge is 0.143 e. The number of nitrogens with zero attached hydrogens (tertiary/aromatic N) is 2. The minimum atomic E-state index is 0.332. The summed E-state index contributed by atoms with van der Waals surface area (Å²) >= 11 is 0. The van der Waals surface area contributed by atoms with E-state index in [1.807, 2.05) is 19.1 Å². The molecule has 1 rings (SSSR count). The molecule has 0 radical (unpaired) electrons. The van der Waals surface area contributed by atoms with E-state index >= 15 is 0 Å². The molecule has 0 aromatic carbocycles. The summed E-state index contributed by atoms with van der Waals surface area (Å²) in [7, 11) is 0. The number of hydrogen-bond donors (Lipinski definition) is 1. The minimum Gasteiger partial charge on any atom is -0.320 e. The Morgan fingerprint density at radius 1 is 1.62 bits per heavy atom. The van der Waals surface area contributed by atoms with Gasteiger partial charge in [0.15, 0.2) is 0 Å². The molecule has 0 amide bonds. The lowest BCUT2D eigenvalue weighted by molar-refractivity contribution is 1.20. The van der Waals surface area contributed by atoms with Crippen molar-refractivity contribution in [3.63, 3.8) is 0 Å². The Labute approximate surface area is 77.2 Å². The highest BCUT2D eigenvalue weighted by atomic mass is 14.7. The fraction of sp³-hybridized carbons (Fsp3) is 0.200.